The van der Waals surface area contributed by atoms with Crippen LogP contribution in [-0.4, -0.2) is 55.4 Å². The van der Waals surface area contributed by atoms with Crippen LogP contribution in [-0.2, 0) is 19.6 Å². The van der Waals surface area contributed by atoms with Gasteiger partial charge >= 0.3 is 0 Å². The molecule has 8 nitrogen and oxygen atoms in total. The van der Waals surface area contributed by atoms with E-state index in [1.54, 1.807) is 30.6 Å². The number of thiazole rings is 1. The number of aromatic nitrogens is 2. The lowest BCUT2D eigenvalue weighted by molar-refractivity contribution is -0.116. The summed E-state index contributed by atoms with van der Waals surface area (Å²) in [7, 11) is -2.49. The van der Waals surface area contributed by atoms with Crippen LogP contribution in [0.3, 0.4) is 0 Å². The smallest absolute Gasteiger partial charge is 0.244 e. The van der Waals surface area contributed by atoms with Crippen molar-refractivity contribution in [3.8, 4) is 0 Å². The number of methoxy groups -OCH3 is 1. The summed E-state index contributed by atoms with van der Waals surface area (Å²) in [6, 6.07) is 12.5. The number of benzene rings is 2. The SMILES string of the molecule is COCCN(CC(=O)Nc1nc2ccc(C)cc2s1)S(=O)(=O)c1cccc2cnccc12. The molecule has 1 amide bonds. The van der Waals surface area contributed by atoms with Gasteiger partial charge < -0.3 is 10.1 Å². The van der Waals surface area contributed by atoms with E-state index in [1.807, 2.05) is 25.1 Å². The van der Waals surface area contributed by atoms with Crippen molar-refractivity contribution in [1.29, 1.82) is 0 Å². The zero-order chi connectivity index (χ0) is 22.7. The fraction of sp³-hybridized carbons (Fsp3) is 0.227. The molecule has 32 heavy (non-hydrogen) atoms. The molecule has 0 aliphatic rings. The van der Waals surface area contributed by atoms with Crippen LogP contribution in [0, 0.1) is 6.92 Å². The third-order valence-electron chi connectivity index (χ3n) is 4.91. The molecule has 0 radical (unpaired) electrons. The second-order valence-corrected chi connectivity index (χ2v) is 10.2. The molecule has 10 heteroatoms. The molecule has 1 N–H and O–H groups in total. The maximum absolute atomic E-state index is 13.5. The number of pyridine rings is 1. The number of nitrogens with zero attached hydrogens (tertiary/aromatic N) is 3. The predicted molar refractivity (Wildman–Crippen MR) is 125 cm³/mol. The number of nitrogens with one attached hydrogen (secondary N) is 1. The summed E-state index contributed by atoms with van der Waals surface area (Å²) in [5, 5.41) is 4.41. The highest BCUT2D eigenvalue weighted by Gasteiger charge is 2.28. The second-order valence-electron chi connectivity index (χ2n) is 7.22. The van der Waals surface area contributed by atoms with Crippen molar-refractivity contribution < 1.29 is 17.9 Å². The van der Waals surface area contributed by atoms with E-state index in [4.69, 9.17) is 4.74 Å². The molecule has 0 spiro atoms. The number of fused-ring (bicyclic) bond motifs is 2. The molecule has 2 aromatic heterocycles. The van der Waals surface area contributed by atoms with E-state index >= 15 is 0 Å². The molecular weight excluding hydrogens is 448 g/mol. The Morgan fingerprint density at radius 2 is 2.06 bits per heavy atom. The van der Waals surface area contributed by atoms with Crippen LogP contribution in [0.1, 0.15) is 5.56 Å². The van der Waals surface area contributed by atoms with E-state index in [0.717, 1.165) is 20.1 Å². The van der Waals surface area contributed by atoms with E-state index in [-0.39, 0.29) is 24.6 Å². The zero-order valence-corrected chi connectivity index (χ0v) is 19.2. The van der Waals surface area contributed by atoms with Crippen LogP contribution in [0.2, 0.25) is 0 Å². The van der Waals surface area contributed by atoms with Crippen molar-refractivity contribution >= 4 is 53.4 Å². The Balaban J connectivity index is 1.60. The first-order valence-corrected chi connectivity index (χ1v) is 12.1. The number of rotatable bonds is 8. The van der Waals surface area contributed by atoms with Gasteiger partial charge in [-0.15, -0.1) is 0 Å². The van der Waals surface area contributed by atoms with Crippen molar-refractivity contribution in [2.24, 2.45) is 0 Å². The van der Waals surface area contributed by atoms with Crippen LogP contribution in [0.25, 0.3) is 21.0 Å². The van der Waals surface area contributed by atoms with Gasteiger partial charge in [0.05, 0.1) is 28.3 Å². The zero-order valence-electron chi connectivity index (χ0n) is 17.6. The topological polar surface area (TPSA) is 101 Å². The minimum Gasteiger partial charge on any atom is -0.383 e. The van der Waals surface area contributed by atoms with E-state index < -0.39 is 15.9 Å². The van der Waals surface area contributed by atoms with Crippen LogP contribution < -0.4 is 5.32 Å². The van der Waals surface area contributed by atoms with Gasteiger partial charge in [0.15, 0.2) is 5.13 Å². The van der Waals surface area contributed by atoms with E-state index in [2.05, 4.69) is 15.3 Å². The molecule has 0 aliphatic heterocycles. The van der Waals surface area contributed by atoms with E-state index in [1.165, 1.54) is 24.5 Å². The quantitative estimate of drug-likeness (QED) is 0.423. The van der Waals surface area contributed by atoms with Crippen molar-refractivity contribution in [3.05, 3.63) is 60.4 Å². The van der Waals surface area contributed by atoms with Gasteiger partial charge in [-0.25, -0.2) is 13.4 Å². The first kappa shape index (κ1) is 22.3. The molecule has 166 valence electrons. The Morgan fingerprint density at radius 1 is 1.22 bits per heavy atom. The molecular formula is C22H22N4O4S2. The van der Waals surface area contributed by atoms with Gasteiger partial charge in [0.25, 0.3) is 0 Å². The standard InChI is InChI=1S/C22H22N4O4S2/c1-15-6-7-18-19(12-15)31-22(24-18)25-21(27)14-26(10-11-30-2)32(28,29)20-5-3-4-16-13-23-9-8-17(16)20/h3-9,12-13H,10-11,14H2,1-2H3,(H,24,25,27). The average molecular weight is 471 g/mol. The number of amides is 1. The Morgan fingerprint density at radius 3 is 2.88 bits per heavy atom. The molecule has 0 saturated heterocycles. The van der Waals surface area contributed by atoms with Crippen LogP contribution >= 0.6 is 11.3 Å². The summed E-state index contributed by atoms with van der Waals surface area (Å²) in [6.07, 6.45) is 3.15. The lowest BCUT2D eigenvalue weighted by Crippen LogP contribution is -2.40. The monoisotopic (exact) mass is 470 g/mol. The van der Waals surface area contributed by atoms with Gasteiger partial charge in [-0.05, 0) is 36.8 Å². The Hall–Kier alpha value is -2.92. The number of ether oxygens (including phenoxy) is 1. The number of hydrogen-bond donors (Lipinski definition) is 1. The van der Waals surface area contributed by atoms with Crippen molar-refractivity contribution in [2.75, 3.05) is 32.1 Å². The van der Waals surface area contributed by atoms with Gasteiger partial charge in [0.1, 0.15) is 0 Å². The third-order valence-corrected chi connectivity index (χ3v) is 7.75. The molecule has 2 aromatic carbocycles. The number of carbonyl (C=O) groups is 1. The maximum atomic E-state index is 13.5. The lowest BCUT2D eigenvalue weighted by Gasteiger charge is -2.22. The van der Waals surface area contributed by atoms with Gasteiger partial charge in [0.2, 0.25) is 15.9 Å². The second kappa shape index (κ2) is 9.29. The molecule has 0 saturated carbocycles. The van der Waals surface area contributed by atoms with Gasteiger partial charge in [-0.1, -0.05) is 29.5 Å². The first-order chi connectivity index (χ1) is 15.4. The summed E-state index contributed by atoms with van der Waals surface area (Å²) in [5.74, 6) is -0.470. The number of sulfonamides is 1. The van der Waals surface area contributed by atoms with Crippen LogP contribution in [0.4, 0.5) is 5.13 Å². The number of hydrogen-bond acceptors (Lipinski definition) is 7. The summed E-state index contributed by atoms with van der Waals surface area (Å²) in [6.45, 7) is 1.81. The number of anilines is 1. The number of carbonyl (C=O) groups excluding carboxylic acids is 1. The molecule has 0 fully saturated rings. The fourth-order valence-corrected chi connectivity index (χ4v) is 5.91. The molecule has 0 bridgehead atoms. The normalized spacial score (nSPS) is 12.0. The highest BCUT2D eigenvalue weighted by molar-refractivity contribution is 7.89. The lowest BCUT2D eigenvalue weighted by atomic mass is 10.2. The third kappa shape index (κ3) is 4.63. The minimum absolute atomic E-state index is 0.0345. The van der Waals surface area contributed by atoms with Gasteiger partial charge in [-0.2, -0.15) is 4.31 Å². The van der Waals surface area contributed by atoms with Gasteiger partial charge in [0, 0.05) is 36.8 Å². The highest BCUT2D eigenvalue weighted by atomic mass is 32.2. The van der Waals surface area contributed by atoms with Crippen molar-refractivity contribution in [1.82, 2.24) is 14.3 Å². The molecule has 0 unspecified atom stereocenters. The van der Waals surface area contributed by atoms with E-state index in [9.17, 15) is 13.2 Å². The Labute approximate surface area is 189 Å². The van der Waals surface area contributed by atoms with Crippen LogP contribution in [0.5, 0.6) is 0 Å². The number of aryl methyl sites for hydroxylation is 1. The maximum Gasteiger partial charge on any atom is 0.244 e. The molecule has 2 heterocycles. The highest BCUT2D eigenvalue weighted by Crippen LogP contribution is 2.27. The van der Waals surface area contributed by atoms with E-state index in [0.29, 0.717) is 15.9 Å². The Bertz CT molecular complexity index is 1380. The molecule has 4 rings (SSSR count). The average Bonchev–Trinajstić information content (AvgIpc) is 3.17. The molecule has 0 atom stereocenters. The summed E-state index contributed by atoms with van der Waals surface area (Å²) in [4.78, 5) is 21.4. The summed E-state index contributed by atoms with van der Waals surface area (Å²) >= 11 is 1.35. The first-order valence-electron chi connectivity index (χ1n) is 9.87. The summed E-state index contributed by atoms with van der Waals surface area (Å²) in [5.41, 5.74) is 1.88. The van der Waals surface area contributed by atoms with Gasteiger partial charge in [-0.3, -0.25) is 9.78 Å². The summed E-state index contributed by atoms with van der Waals surface area (Å²) < 4.78 is 34.1. The largest absolute Gasteiger partial charge is 0.383 e. The molecule has 0 aliphatic carbocycles. The van der Waals surface area contributed by atoms with Crippen LogP contribution in [0.15, 0.2) is 59.8 Å². The fourth-order valence-electron chi connectivity index (χ4n) is 3.34. The van der Waals surface area contributed by atoms with Crippen molar-refractivity contribution in [2.45, 2.75) is 11.8 Å². The Kier molecular flexibility index (Phi) is 6.47. The van der Waals surface area contributed by atoms with Crippen molar-refractivity contribution in [3.63, 3.8) is 0 Å². The predicted octanol–water partition coefficient (Wildman–Crippen LogP) is 3.43. The minimum atomic E-state index is -3.97. The molecule has 4 aromatic rings.